The predicted octanol–water partition coefficient (Wildman–Crippen LogP) is 2.25. The highest BCUT2D eigenvalue weighted by Crippen LogP contribution is 2.25. The summed E-state index contributed by atoms with van der Waals surface area (Å²) in [6, 6.07) is 7.61. The molecule has 1 aliphatic rings. The van der Waals surface area contributed by atoms with Crippen LogP contribution in [-0.2, 0) is 26.1 Å². The Morgan fingerprint density at radius 1 is 1.31 bits per heavy atom. The monoisotopic (exact) mass is 440 g/mol. The Balaban J connectivity index is 1.56. The minimum absolute atomic E-state index is 0.132. The van der Waals surface area contributed by atoms with Crippen molar-refractivity contribution in [3.05, 3.63) is 52.7 Å². The molecule has 1 N–H and O–H groups in total. The van der Waals surface area contributed by atoms with Gasteiger partial charge in [-0.1, -0.05) is 6.07 Å². The molecule has 0 aliphatic carbocycles. The Kier molecular flexibility index (Phi) is 7.01. The fourth-order valence-electron chi connectivity index (χ4n) is 2.70. The third-order valence-corrected chi connectivity index (χ3v) is 7.69. The number of morpholine rings is 1. The summed E-state index contributed by atoms with van der Waals surface area (Å²) in [7, 11) is -2.16. The minimum Gasteiger partial charge on any atom is -0.494 e. The minimum atomic E-state index is -3.54. The van der Waals surface area contributed by atoms with Crippen LogP contribution in [0.3, 0.4) is 0 Å². The summed E-state index contributed by atoms with van der Waals surface area (Å²) in [5.74, 6) is -0.748. The third kappa shape index (κ3) is 5.41. The number of benzene rings is 1. The fourth-order valence-corrected chi connectivity index (χ4v) is 5.56. The number of methoxy groups -OCH3 is 1. The van der Waals surface area contributed by atoms with Crippen LogP contribution >= 0.6 is 11.3 Å². The van der Waals surface area contributed by atoms with Crippen molar-refractivity contribution in [2.45, 2.75) is 10.8 Å². The molecule has 156 valence electrons. The molecule has 0 spiro atoms. The van der Waals surface area contributed by atoms with E-state index in [1.54, 1.807) is 18.2 Å². The molecule has 10 heteroatoms. The van der Waals surface area contributed by atoms with Crippen molar-refractivity contribution in [1.29, 1.82) is 0 Å². The van der Waals surface area contributed by atoms with Gasteiger partial charge in [-0.15, -0.1) is 11.3 Å². The lowest BCUT2D eigenvalue weighted by Crippen LogP contribution is -2.40. The number of halogens is 1. The number of nitrogens with zero attached hydrogens (tertiary/aromatic N) is 1. The van der Waals surface area contributed by atoms with Crippen LogP contribution in [0, 0.1) is 5.82 Å². The number of amides is 1. The highest BCUT2D eigenvalue weighted by atomic mass is 32.2. The first-order chi connectivity index (χ1) is 13.9. The van der Waals surface area contributed by atoms with E-state index in [0.29, 0.717) is 36.7 Å². The molecule has 2 aromatic rings. The molecule has 3 rings (SSSR count). The molecule has 7 nitrogen and oxygen atoms in total. The second-order valence-electron chi connectivity index (χ2n) is 6.18. The number of hydrogen-bond acceptors (Lipinski definition) is 6. The topological polar surface area (TPSA) is 84.9 Å². The van der Waals surface area contributed by atoms with Crippen molar-refractivity contribution in [2.75, 3.05) is 33.4 Å². The first-order valence-electron chi connectivity index (χ1n) is 8.86. The normalized spacial score (nSPS) is 15.5. The van der Waals surface area contributed by atoms with Crippen LogP contribution in [0.2, 0.25) is 0 Å². The molecule has 0 atom stereocenters. The fraction of sp³-hybridized carbons (Fsp3) is 0.316. The van der Waals surface area contributed by atoms with E-state index in [4.69, 9.17) is 9.47 Å². The zero-order valence-electron chi connectivity index (χ0n) is 15.8. The zero-order chi connectivity index (χ0) is 20.9. The van der Waals surface area contributed by atoms with Gasteiger partial charge >= 0.3 is 0 Å². The highest BCUT2D eigenvalue weighted by molar-refractivity contribution is 7.91. The number of hydrogen-bond donors (Lipinski definition) is 1. The first kappa shape index (κ1) is 21.4. The molecule has 1 amide bonds. The Labute approximate surface area is 172 Å². The summed E-state index contributed by atoms with van der Waals surface area (Å²) in [6.07, 6.45) is 2.78. The van der Waals surface area contributed by atoms with Gasteiger partial charge in [0.15, 0.2) is 11.6 Å². The lowest BCUT2D eigenvalue weighted by molar-refractivity contribution is -0.116. The number of rotatable bonds is 7. The van der Waals surface area contributed by atoms with E-state index < -0.39 is 15.8 Å². The van der Waals surface area contributed by atoms with Crippen LogP contribution in [0.25, 0.3) is 6.08 Å². The lowest BCUT2D eigenvalue weighted by atomic mass is 10.2. The Bertz CT molecular complexity index is 998. The van der Waals surface area contributed by atoms with Crippen molar-refractivity contribution in [2.24, 2.45) is 0 Å². The molecule has 0 bridgehead atoms. The smallest absolute Gasteiger partial charge is 0.252 e. The lowest BCUT2D eigenvalue weighted by Gasteiger charge is -2.25. The van der Waals surface area contributed by atoms with E-state index in [-0.39, 0.29) is 22.4 Å². The predicted molar refractivity (Wildman–Crippen MR) is 108 cm³/mol. The summed E-state index contributed by atoms with van der Waals surface area (Å²) in [4.78, 5) is 12.7. The van der Waals surface area contributed by atoms with Crippen LogP contribution in [0.4, 0.5) is 4.39 Å². The summed E-state index contributed by atoms with van der Waals surface area (Å²) < 4.78 is 50.6. The van der Waals surface area contributed by atoms with E-state index in [2.05, 4.69) is 5.32 Å². The second kappa shape index (κ2) is 9.49. The van der Waals surface area contributed by atoms with Crippen molar-refractivity contribution in [3.63, 3.8) is 0 Å². The first-order valence-corrected chi connectivity index (χ1v) is 11.1. The van der Waals surface area contributed by atoms with E-state index >= 15 is 0 Å². The van der Waals surface area contributed by atoms with Gasteiger partial charge < -0.3 is 14.8 Å². The van der Waals surface area contributed by atoms with Gasteiger partial charge in [-0.05, 0) is 35.9 Å². The number of nitrogens with one attached hydrogen (secondary N) is 1. The molecule has 1 aromatic carbocycles. The SMILES string of the molecule is COc1ccc(/C=C/C(=O)NCc2ccc(S(=O)(=O)N3CCOCC3)s2)cc1F. The Morgan fingerprint density at radius 3 is 2.76 bits per heavy atom. The van der Waals surface area contributed by atoms with Gasteiger partial charge in [0.1, 0.15) is 4.21 Å². The molecule has 1 aromatic heterocycles. The molecule has 0 saturated carbocycles. The van der Waals surface area contributed by atoms with E-state index in [1.807, 2.05) is 0 Å². The van der Waals surface area contributed by atoms with Crippen LogP contribution < -0.4 is 10.1 Å². The number of carbonyl (C=O) groups is 1. The number of carbonyl (C=O) groups excluding carboxylic acids is 1. The van der Waals surface area contributed by atoms with Crippen molar-refractivity contribution in [3.8, 4) is 5.75 Å². The standard InChI is InChI=1S/C19H21FN2O5S2/c1-26-17-5-2-14(12-16(17)20)3-6-18(23)21-13-15-4-7-19(28-15)29(24,25)22-8-10-27-11-9-22/h2-7,12H,8-11,13H2,1H3,(H,21,23)/b6-3+. The van der Waals surface area contributed by atoms with Crippen LogP contribution in [0.1, 0.15) is 10.4 Å². The van der Waals surface area contributed by atoms with Gasteiger partial charge in [0, 0.05) is 24.0 Å². The number of ether oxygens (including phenoxy) is 2. The number of sulfonamides is 1. The van der Waals surface area contributed by atoms with Crippen molar-refractivity contribution < 1.29 is 27.1 Å². The highest BCUT2D eigenvalue weighted by Gasteiger charge is 2.27. The van der Waals surface area contributed by atoms with Crippen LogP contribution in [0.5, 0.6) is 5.75 Å². The van der Waals surface area contributed by atoms with Gasteiger partial charge in [0.25, 0.3) is 10.0 Å². The molecule has 1 saturated heterocycles. The van der Waals surface area contributed by atoms with Gasteiger partial charge in [-0.3, -0.25) is 4.79 Å². The summed E-state index contributed by atoms with van der Waals surface area (Å²) in [5, 5.41) is 2.69. The molecule has 0 unspecified atom stereocenters. The molecular formula is C19H21FN2O5S2. The summed E-state index contributed by atoms with van der Waals surface area (Å²) in [6.45, 7) is 1.64. The average Bonchev–Trinajstić information content (AvgIpc) is 3.21. The van der Waals surface area contributed by atoms with Gasteiger partial charge in [-0.25, -0.2) is 12.8 Å². The van der Waals surface area contributed by atoms with Crippen molar-refractivity contribution >= 4 is 33.3 Å². The van der Waals surface area contributed by atoms with Crippen LogP contribution in [-0.4, -0.2) is 52.0 Å². The van der Waals surface area contributed by atoms with Gasteiger partial charge in [0.05, 0.1) is 26.9 Å². The molecular weight excluding hydrogens is 419 g/mol. The maximum atomic E-state index is 13.7. The maximum Gasteiger partial charge on any atom is 0.252 e. The molecule has 1 fully saturated rings. The molecule has 29 heavy (non-hydrogen) atoms. The molecule has 2 heterocycles. The Hall–Kier alpha value is -2.27. The Morgan fingerprint density at radius 2 is 2.07 bits per heavy atom. The second-order valence-corrected chi connectivity index (χ2v) is 9.52. The van der Waals surface area contributed by atoms with Crippen LogP contribution in [0.15, 0.2) is 40.6 Å². The summed E-state index contributed by atoms with van der Waals surface area (Å²) in [5.41, 5.74) is 0.522. The number of thiophene rings is 1. The van der Waals surface area contributed by atoms with E-state index in [1.165, 1.54) is 35.7 Å². The van der Waals surface area contributed by atoms with Crippen molar-refractivity contribution in [1.82, 2.24) is 9.62 Å². The largest absolute Gasteiger partial charge is 0.494 e. The maximum absolute atomic E-state index is 13.7. The third-order valence-electron chi connectivity index (χ3n) is 4.24. The quantitative estimate of drug-likeness (QED) is 0.668. The average molecular weight is 441 g/mol. The zero-order valence-corrected chi connectivity index (χ0v) is 17.4. The van der Waals surface area contributed by atoms with Gasteiger partial charge in [-0.2, -0.15) is 4.31 Å². The van der Waals surface area contributed by atoms with E-state index in [0.717, 1.165) is 11.3 Å². The van der Waals surface area contributed by atoms with E-state index in [9.17, 15) is 17.6 Å². The molecule has 0 radical (unpaired) electrons. The summed E-state index contributed by atoms with van der Waals surface area (Å²) >= 11 is 1.12. The van der Waals surface area contributed by atoms with Gasteiger partial charge in [0.2, 0.25) is 5.91 Å². The molecule has 1 aliphatic heterocycles.